The molecule has 0 aromatic carbocycles. The second kappa shape index (κ2) is 11.1. The number of ether oxygens (including phenoxy) is 1. The van der Waals surface area contributed by atoms with Crippen molar-refractivity contribution in [2.24, 2.45) is 10.8 Å². The van der Waals surface area contributed by atoms with E-state index in [-0.39, 0.29) is 42.5 Å². The van der Waals surface area contributed by atoms with E-state index in [9.17, 15) is 19.5 Å². The largest absolute Gasteiger partial charge is 0.444 e. The highest BCUT2D eigenvalue weighted by Gasteiger charge is 2.49. The first-order valence-electron chi connectivity index (χ1n) is 14.0. The predicted octanol–water partition coefficient (Wildman–Crippen LogP) is 2.95. The van der Waals surface area contributed by atoms with Crippen LogP contribution in [0.1, 0.15) is 80.6 Å². The maximum Gasteiger partial charge on any atom is 0.411 e. The van der Waals surface area contributed by atoms with E-state index in [1.165, 1.54) is 0 Å². The molecule has 0 spiro atoms. The minimum absolute atomic E-state index is 0.0225. The van der Waals surface area contributed by atoms with Gasteiger partial charge in [-0.1, -0.05) is 13.8 Å². The lowest BCUT2D eigenvalue weighted by atomic mass is 9.74. The highest BCUT2D eigenvalue weighted by Crippen LogP contribution is 2.40. The Hall–Kier alpha value is -1.87. The van der Waals surface area contributed by atoms with Crippen molar-refractivity contribution in [3.63, 3.8) is 0 Å². The van der Waals surface area contributed by atoms with E-state index in [4.69, 9.17) is 4.74 Å². The Morgan fingerprint density at radius 2 is 1.54 bits per heavy atom. The van der Waals surface area contributed by atoms with Gasteiger partial charge in [-0.3, -0.25) is 14.5 Å². The molecule has 1 saturated carbocycles. The van der Waals surface area contributed by atoms with Crippen molar-refractivity contribution in [3.8, 4) is 0 Å². The molecular formula is C28H50N4O5. The van der Waals surface area contributed by atoms with Gasteiger partial charge < -0.3 is 24.5 Å². The Balaban J connectivity index is 1.91. The molecule has 0 bridgehead atoms. The Kier molecular flexibility index (Phi) is 8.89. The van der Waals surface area contributed by atoms with Crippen molar-refractivity contribution in [2.75, 3.05) is 46.4 Å². The number of likely N-dealkylation sites (tertiary alicyclic amines) is 1. The van der Waals surface area contributed by atoms with E-state index in [1.54, 1.807) is 18.7 Å². The lowest BCUT2D eigenvalue weighted by molar-refractivity contribution is -0.149. The van der Waals surface area contributed by atoms with Gasteiger partial charge in [0.2, 0.25) is 11.8 Å². The summed E-state index contributed by atoms with van der Waals surface area (Å²) in [5.74, 6) is -0.179. The molecule has 0 unspecified atom stereocenters. The van der Waals surface area contributed by atoms with Gasteiger partial charge in [-0.25, -0.2) is 4.79 Å². The molecule has 37 heavy (non-hydrogen) atoms. The molecule has 2 saturated heterocycles. The molecule has 2 aliphatic heterocycles. The van der Waals surface area contributed by atoms with Crippen LogP contribution >= 0.6 is 0 Å². The van der Waals surface area contributed by atoms with Crippen molar-refractivity contribution < 1.29 is 24.2 Å². The summed E-state index contributed by atoms with van der Waals surface area (Å²) in [6.07, 6.45) is 3.64. The minimum Gasteiger partial charge on any atom is -0.444 e. The van der Waals surface area contributed by atoms with Crippen molar-refractivity contribution in [3.05, 3.63) is 0 Å². The van der Waals surface area contributed by atoms with Gasteiger partial charge in [0, 0.05) is 38.8 Å². The number of aliphatic hydroxyl groups is 1. The van der Waals surface area contributed by atoms with E-state index >= 15 is 0 Å². The summed E-state index contributed by atoms with van der Waals surface area (Å²) in [5, 5.41) is 10.0. The molecule has 3 rings (SSSR count). The second-order valence-corrected chi connectivity index (χ2v) is 13.8. The lowest BCUT2D eigenvalue weighted by Gasteiger charge is -2.45. The zero-order valence-corrected chi connectivity index (χ0v) is 24.4. The minimum atomic E-state index is -0.941. The van der Waals surface area contributed by atoms with E-state index in [0.29, 0.717) is 19.5 Å². The van der Waals surface area contributed by atoms with Gasteiger partial charge in [0.25, 0.3) is 0 Å². The van der Waals surface area contributed by atoms with Crippen LogP contribution in [0.3, 0.4) is 0 Å². The molecule has 1 aliphatic carbocycles. The van der Waals surface area contributed by atoms with Gasteiger partial charge in [0.05, 0.1) is 18.1 Å². The maximum absolute atomic E-state index is 13.9. The summed E-state index contributed by atoms with van der Waals surface area (Å²) in [6, 6.07) is -0.955. The van der Waals surface area contributed by atoms with E-state index in [1.807, 2.05) is 37.6 Å². The molecule has 2 atom stereocenters. The first-order valence-corrected chi connectivity index (χ1v) is 14.0. The van der Waals surface area contributed by atoms with Crippen molar-refractivity contribution in [1.82, 2.24) is 19.6 Å². The number of piperazine rings is 1. The molecule has 3 fully saturated rings. The highest BCUT2D eigenvalue weighted by molar-refractivity contribution is 5.87. The third-order valence-electron chi connectivity index (χ3n) is 8.31. The third-order valence-corrected chi connectivity index (χ3v) is 8.31. The van der Waals surface area contributed by atoms with Crippen LogP contribution < -0.4 is 0 Å². The maximum atomic E-state index is 13.9. The molecule has 3 amide bonds. The number of rotatable bonds is 5. The topological polar surface area (TPSA) is 93.6 Å². The van der Waals surface area contributed by atoms with Gasteiger partial charge in [-0.15, -0.1) is 0 Å². The Labute approximate surface area is 223 Å². The van der Waals surface area contributed by atoms with E-state index in [0.717, 1.165) is 38.8 Å². The van der Waals surface area contributed by atoms with E-state index in [2.05, 4.69) is 18.7 Å². The fourth-order valence-corrected chi connectivity index (χ4v) is 5.72. The third kappa shape index (κ3) is 7.16. The normalized spacial score (nSPS) is 25.8. The average Bonchev–Trinajstić information content (AvgIpc) is 3.24. The standard InChI is InChI=1S/C28H50N4O5/c1-26(2,3)37-25(36)31-18-21(17-22(31)23(34)30-15-13-29(8)14-16-30)32(24(35)28(6,7)19-33)20-9-11-27(4,5)12-10-20/h20-22,33H,9-19H2,1-8H3/t21-,22-/m0/s1. The van der Waals surface area contributed by atoms with Crippen molar-refractivity contribution in [1.29, 1.82) is 0 Å². The number of hydrogen-bond acceptors (Lipinski definition) is 6. The monoisotopic (exact) mass is 522 g/mol. The van der Waals surface area contributed by atoms with Gasteiger partial charge in [0.1, 0.15) is 11.6 Å². The molecule has 0 aromatic rings. The zero-order valence-electron chi connectivity index (χ0n) is 24.4. The van der Waals surface area contributed by atoms with Gasteiger partial charge in [0.15, 0.2) is 0 Å². The molecule has 3 aliphatic rings. The molecule has 9 heteroatoms. The number of likely N-dealkylation sites (N-methyl/N-ethyl adjacent to an activating group) is 1. The SMILES string of the molecule is CN1CCN(C(=O)[C@@H]2C[C@H](N(C(=O)C(C)(C)CO)C3CCC(C)(C)CC3)CN2C(=O)OC(C)(C)C)CC1. The summed E-state index contributed by atoms with van der Waals surface area (Å²) >= 11 is 0. The molecule has 0 radical (unpaired) electrons. The number of carbonyl (C=O) groups excluding carboxylic acids is 3. The van der Waals surface area contributed by atoms with Crippen molar-refractivity contribution in [2.45, 2.75) is 104 Å². The zero-order chi connectivity index (χ0) is 27.8. The van der Waals surface area contributed by atoms with Crippen LogP contribution in [-0.2, 0) is 14.3 Å². The molecule has 212 valence electrons. The van der Waals surface area contributed by atoms with Crippen LogP contribution in [0, 0.1) is 10.8 Å². The fourth-order valence-electron chi connectivity index (χ4n) is 5.72. The Morgan fingerprint density at radius 1 is 0.973 bits per heavy atom. The number of hydrogen-bond donors (Lipinski definition) is 1. The van der Waals surface area contributed by atoms with Crippen LogP contribution in [0.2, 0.25) is 0 Å². The molecule has 1 N–H and O–H groups in total. The summed E-state index contributed by atoms with van der Waals surface area (Å²) < 4.78 is 5.72. The molecule has 9 nitrogen and oxygen atoms in total. The summed E-state index contributed by atoms with van der Waals surface area (Å²) in [5.41, 5.74) is -1.40. The van der Waals surface area contributed by atoms with Gasteiger partial charge in [-0.2, -0.15) is 0 Å². The first kappa shape index (κ1) is 29.7. The van der Waals surface area contributed by atoms with Gasteiger partial charge in [-0.05, 0) is 79.2 Å². The lowest BCUT2D eigenvalue weighted by Crippen LogP contribution is -2.55. The average molecular weight is 523 g/mol. The summed E-state index contributed by atoms with van der Waals surface area (Å²) in [4.78, 5) is 48.5. The van der Waals surface area contributed by atoms with Gasteiger partial charge >= 0.3 is 6.09 Å². The van der Waals surface area contributed by atoms with Crippen LogP contribution in [0.25, 0.3) is 0 Å². The van der Waals surface area contributed by atoms with Crippen molar-refractivity contribution >= 4 is 17.9 Å². The first-order chi connectivity index (χ1) is 17.0. The quantitative estimate of drug-likeness (QED) is 0.597. The number of amides is 3. The summed E-state index contributed by atoms with van der Waals surface area (Å²) in [7, 11) is 2.04. The van der Waals surface area contributed by atoms with E-state index < -0.39 is 23.2 Å². The fraction of sp³-hybridized carbons (Fsp3) is 0.893. The predicted molar refractivity (Wildman–Crippen MR) is 143 cm³/mol. The molecule has 2 heterocycles. The number of aliphatic hydroxyl groups excluding tert-OH is 1. The highest BCUT2D eigenvalue weighted by atomic mass is 16.6. The van der Waals surface area contributed by atoms with Crippen LogP contribution in [-0.4, -0.2) is 113 Å². The van der Waals surface area contributed by atoms with Crippen LogP contribution in [0.4, 0.5) is 4.79 Å². The smallest absolute Gasteiger partial charge is 0.411 e. The molecular weight excluding hydrogens is 472 g/mol. The Bertz CT molecular complexity index is 834. The number of carbonyl (C=O) groups is 3. The van der Waals surface area contributed by atoms with Crippen LogP contribution in [0.15, 0.2) is 0 Å². The second-order valence-electron chi connectivity index (χ2n) is 13.8. The molecule has 0 aromatic heterocycles. The van der Waals surface area contributed by atoms with Crippen LogP contribution in [0.5, 0.6) is 0 Å². The Morgan fingerprint density at radius 3 is 2.05 bits per heavy atom. The summed E-state index contributed by atoms with van der Waals surface area (Å²) in [6.45, 7) is 16.3. The number of nitrogens with zero attached hydrogens (tertiary/aromatic N) is 4.